The second kappa shape index (κ2) is 5.56. The topological polar surface area (TPSA) is 37.8 Å². The van der Waals surface area contributed by atoms with Gasteiger partial charge in [-0.15, -0.1) is 10.2 Å². The van der Waals surface area contributed by atoms with Gasteiger partial charge < -0.3 is 5.32 Å². The highest BCUT2D eigenvalue weighted by Gasteiger charge is 2.20. The summed E-state index contributed by atoms with van der Waals surface area (Å²) < 4.78 is 14.8. The molecule has 0 unspecified atom stereocenters. The molecule has 3 nitrogen and oxygen atoms in total. The van der Waals surface area contributed by atoms with Crippen LogP contribution in [0.15, 0.2) is 27.4 Å². The van der Waals surface area contributed by atoms with Crippen LogP contribution in [0.2, 0.25) is 0 Å². The maximum Gasteiger partial charge on any atom is 0.179 e. The summed E-state index contributed by atoms with van der Waals surface area (Å²) in [5, 5.41) is 12.2. The number of hydrogen-bond acceptors (Lipinski definition) is 5. The molecule has 100 valence electrons. The molecular formula is C13H14FN3S2. The first-order valence-electron chi connectivity index (χ1n) is 6.20. The number of benzene rings is 1. The zero-order valence-corrected chi connectivity index (χ0v) is 12.2. The molecule has 0 bridgehead atoms. The fourth-order valence-electron chi connectivity index (χ4n) is 1.70. The number of aryl methyl sites for hydroxylation is 1. The van der Waals surface area contributed by atoms with Crippen molar-refractivity contribution in [1.82, 2.24) is 15.5 Å². The van der Waals surface area contributed by atoms with E-state index in [1.807, 2.05) is 19.1 Å². The predicted octanol–water partition coefficient (Wildman–Crippen LogP) is 3.39. The Morgan fingerprint density at radius 1 is 1.42 bits per heavy atom. The average Bonchev–Trinajstić information content (AvgIpc) is 3.13. The van der Waals surface area contributed by atoms with Crippen molar-refractivity contribution < 1.29 is 4.39 Å². The third-order valence-electron chi connectivity index (χ3n) is 2.87. The third-order valence-corrected chi connectivity index (χ3v) is 4.81. The molecular weight excluding hydrogens is 281 g/mol. The highest BCUT2D eigenvalue weighted by atomic mass is 32.2. The monoisotopic (exact) mass is 295 g/mol. The summed E-state index contributed by atoms with van der Waals surface area (Å²) >= 11 is 2.81. The first kappa shape index (κ1) is 13.0. The van der Waals surface area contributed by atoms with Crippen LogP contribution in [0.1, 0.15) is 23.4 Å². The van der Waals surface area contributed by atoms with Crippen molar-refractivity contribution in [1.29, 1.82) is 0 Å². The zero-order chi connectivity index (χ0) is 13.2. The Bertz CT molecular complexity index is 581. The summed E-state index contributed by atoms with van der Waals surface area (Å²) in [7, 11) is 0. The maximum absolute atomic E-state index is 14.0. The predicted molar refractivity (Wildman–Crippen MR) is 75.0 cm³/mol. The minimum Gasteiger partial charge on any atom is -0.310 e. The van der Waals surface area contributed by atoms with Gasteiger partial charge in [-0.25, -0.2) is 4.39 Å². The van der Waals surface area contributed by atoms with Gasteiger partial charge in [0.2, 0.25) is 0 Å². The van der Waals surface area contributed by atoms with Crippen LogP contribution < -0.4 is 5.32 Å². The van der Waals surface area contributed by atoms with Crippen LogP contribution in [0.4, 0.5) is 4.39 Å². The number of nitrogens with one attached hydrogen (secondary N) is 1. The van der Waals surface area contributed by atoms with E-state index in [4.69, 9.17) is 0 Å². The van der Waals surface area contributed by atoms with Gasteiger partial charge in [0.05, 0.1) is 4.90 Å². The van der Waals surface area contributed by atoms with Crippen molar-refractivity contribution in [3.63, 3.8) is 0 Å². The Hall–Kier alpha value is -0.980. The van der Waals surface area contributed by atoms with Gasteiger partial charge in [0.1, 0.15) is 10.8 Å². The highest BCUT2D eigenvalue weighted by molar-refractivity contribution is 8.01. The standard InChI is InChI=1S/C13H14FN3S2/c1-8-16-17-13(18-8)19-12-5-2-9(6-11(12)14)7-15-10-3-4-10/h2,5-6,10,15H,3-4,7H2,1H3. The molecule has 0 amide bonds. The molecule has 1 fully saturated rings. The minimum atomic E-state index is -0.187. The minimum absolute atomic E-state index is 0.187. The summed E-state index contributed by atoms with van der Waals surface area (Å²) in [4.78, 5) is 0.603. The van der Waals surface area contributed by atoms with Gasteiger partial charge in [0.15, 0.2) is 4.34 Å². The summed E-state index contributed by atoms with van der Waals surface area (Å²) in [5.41, 5.74) is 0.988. The van der Waals surface area contributed by atoms with Crippen molar-refractivity contribution in [3.05, 3.63) is 34.6 Å². The molecule has 3 rings (SSSR count). The molecule has 1 heterocycles. The average molecular weight is 295 g/mol. The summed E-state index contributed by atoms with van der Waals surface area (Å²) in [6, 6.07) is 6.03. The molecule has 0 spiro atoms. The zero-order valence-electron chi connectivity index (χ0n) is 10.5. The van der Waals surface area contributed by atoms with Crippen LogP contribution in [-0.2, 0) is 6.54 Å². The van der Waals surface area contributed by atoms with E-state index in [9.17, 15) is 4.39 Å². The van der Waals surface area contributed by atoms with Crippen molar-refractivity contribution in [3.8, 4) is 0 Å². The number of halogens is 1. The lowest BCUT2D eigenvalue weighted by Crippen LogP contribution is -2.15. The van der Waals surface area contributed by atoms with Gasteiger partial charge in [-0.3, -0.25) is 0 Å². The van der Waals surface area contributed by atoms with E-state index in [0.29, 0.717) is 10.9 Å². The van der Waals surface area contributed by atoms with Crippen LogP contribution in [0, 0.1) is 12.7 Å². The van der Waals surface area contributed by atoms with Crippen molar-refractivity contribution in [2.24, 2.45) is 0 Å². The highest BCUT2D eigenvalue weighted by Crippen LogP contribution is 2.32. The van der Waals surface area contributed by atoms with Gasteiger partial charge in [-0.1, -0.05) is 29.2 Å². The normalized spacial score (nSPS) is 14.8. The molecule has 1 N–H and O–H groups in total. The van der Waals surface area contributed by atoms with E-state index < -0.39 is 0 Å². The van der Waals surface area contributed by atoms with Crippen molar-refractivity contribution >= 4 is 23.1 Å². The Morgan fingerprint density at radius 3 is 2.89 bits per heavy atom. The molecule has 6 heteroatoms. The molecule has 0 aliphatic heterocycles. The SMILES string of the molecule is Cc1nnc(Sc2ccc(CNC3CC3)cc2F)s1. The van der Waals surface area contributed by atoms with Crippen LogP contribution in [0.3, 0.4) is 0 Å². The van der Waals surface area contributed by atoms with Gasteiger partial charge >= 0.3 is 0 Å². The summed E-state index contributed by atoms with van der Waals surface area (Å²) in [6.45, 7) is 2.63. The molecule has 1 aliphatic rings. The largest absolute Gasteiger partial charge is 0.310 e. The lowest BCUT2D eigenvalue weighted by Gasteiger charge is -2.05. The Labute approximate surface area is 119 Å². The first-order valence-corrected chi connectivity index (χ1v) is 7.84. The quantitative estimate of drug-likeness (QED) is 0.917. The van der Waals surface area contributed by atoms with Crippen molar-refractivity contribution in [2.45, 2.75) is 41.6 Å². The molecule has 1 aromatic heterocycles. The van der Waals surface area contributed by atoms with E-state index >= 15 is 0 Å². The van der Waals surface area contributed by atoms with Crippen LogP contribution in [0.25, 0.3) is 0 Å². The fraction of sp³-hybridized carbons (Fsp3) is 0.385. The second-order valence-corrected chi connectivity index (χ2v) is 7.08. The number of nitrogens with zero attached hydrogens (tertiary/aromatic N) is 2. The van der Waals surface area contributed by atoms with Crippen LogP contribution >= 0.6 is 23.1 Å². The lowest BCUT2D eigenvalue weighted by molar-refractivity contribution is 0.595. The van der Waals surface area contributed by atoms with Crippen molar-refractivity contribution in [2.75, 3.05) is 0 Å². The summed E-state index contributed by atoms with van der Waals surface area (Å²) in [6.07, 6.45) is 2.49. The molecule has 0 radical (unpaired) electrons. The number of rotatable bonds is 5. The number of aromatic nitrogens is 2. The fourth-order valence-corrected chi connectivity index (χ4v) is 3.48. The molecule has 1 saturated carbocycles. The van der Waals surface area contributed by atoms with Gasteiger partial charge in [0.25, 0.3) is 0 Å². The molecule has 2 aromatic rings. The third kappa shape index (κ3) is 3.52. The van der Waals surface area contributed by atoms with Gasteiger partial charge in [0, 0.05) is 12.6 Å². The van der Waals surface area contributed by atoms with E-state index in [1.165, 1.54) is 35.9 Å². The maximum atomic E-state index is 14.0. The number of hydrogen-bond donors (Lipinski definition) is 1. The van der Waals surface area contributed by atoms with Gasteiger partial charge in [-0.2, -0.15) is 0 Å². The van der Waals surface area contributed by atoms with E-state index in [1.54, 1.807) is 6.07 Å². The smallest absolute Gasteiger partial charge is 0.179 e. The van der Waals surface area contributed by atoms with E-state index in [2.05, 4.69) is 15.5 Å². The van der Waals surface area contributed by atoms with Crippen LogP contribution in [-0.4, -0.2) is 16.2 Å². The lowest BCUT2D eigenvalue weighted by atomic mass is 10.2. The molecule has 0 atom stereocenters. The Kier molecular flexibility index (Phi) is 3.81. The Balaban J connectivity index is 1.67. The van der Waals surface area contributed by atoms with Gasteiger partial charge in [-0.05, 0) is 37.5 Å². The first-order chi connectivity index (χ1) is 9.20. The van der Waals surface area contributed by atoms with E-state index in [-0.39, 0.29) is 5.82 Å². The molecule has 1 aromatic carbocycles. The molecule has 0 saturated heterocycles. The van der Waals surface area contributed by atoms with E-state index in [0.717, 1.165) is 21.5 Å². The second-order valence-electron chi connectivity index (χ2n) is 4.61. The van der Waals surface area contributed by atoms with Crippen LogP contribution in [0.5, 0.6) is 0 Å². The molecule has 1 aliphatic carbocycles. The molecule has 19 heavy (non-hydrogen) atoms. The Morgan fingerprint density at radius 2 is 2.26 bits per heavy atom. The summed E-state index contributed by atoms with van der Waals surface area (Å²) in [5.74, 6) is -0.187.